The zero-order valence-electron chi connectivity index (χ0n) is 18.7. The van der Waals surface area contributed by atoms with Gasteiger partial charge >= 0.3 is 0 Å². The molecule has 0 aliphatic carbocycles. The number of fused-ring (bicyclic) bond motifs is 1. The number of nitrogens with zero attached hydrogens (tertiary/aromatic N) is 2. The molecule has 2 saturated heterocycles. The van der Waals surface area contributed by atoms with E-state index >= 15 is 0 Å². The lowest BCUT2D eigenvalue weighted by molar-refractivity contribution is -0.141. The van der Waals surface area contributed by atoms with Crippen LogP contribution >= 0.6 is 11.6 Å². The van der Waals surface area contributed by atoms with Gasteiger partial charge in [0.1, 0.15) is 0 Å². The van der Waals surface area contributed by atoms with Crippen LogP contribution in [0.25, 0.3) is 10.9 Å². The predicted octanol–water partition coefficient (Wildman–Crippen LogP) is 4.65. The zero-order valence-corrected chi connectivity index (χ0v) is 19.5. The second kappa shape index (κ2) is 9.80. The van der Waals surface area contributed by atoms with E-state index in [0.29, 0.717) is 57.4 Å². The first-order valence-corrected chi connectivity index (χ1v) is 12.1. The Labute approximate surface area is 199 Å². The van der Waals surface area contributed by atoms with Crippen molar-refractivity contribution in [3.63, 3.8) is 0 Å². The molecule has 0 saturated carbocycles. The van der Waals surface area contributed by atoms with Gasteiger partial charge in [-0.25, -0.2) is 0 Å². The standard InChI is InChI=1S/C27H29ClN2O3/c28-24-7-5-23(6-8-24)27(9-12-32-13-10-27)26(31)30-11-14-33-19-21(18-30)15-20-16-22-3-1-2-4-25(22)29-17-20/h1-8,16-17,21H,9-15,18-19H2/t21-/m1/s1. The first-order valence-electron chi connectivity index (χ1n) is 11.7. The number of carbonyl (C=O) groups is 1. The van der Waals surface area contributed by atoms with Crippen LogP contribution in [0.15, 0.2) is 60.8 Å². The zero-order chi connectivity index (χ0) is 22.7. The highest BCUT2D eigenvalue weighted by atomic mass is 35.5. The number of aromatic nitrogens is 1. The fourth-order valence-corrected chi connectivity index (χ4v) is 5.29. The van der Waals surface area contributed by atoms with E-state index in [1.807, 2.05) is 53.6 Å². The third kappa shape index (κ3) is 4.77. The Hall–Kier alpha value is -2.47. The fraction of sp³-hybridized carbons (Fsp3) is 0.407. The van der Waals surface area contributed by atoms with Crippen molar-refractivity contribution >= 4 is 28.4 Å². The first-order chi connectivity index (χ1) is 16.1. The molecule has 33 heavy (non-hydrogen) atoms. The average molecular weight is 465 g/mol. The highest BCUT2D eigenvalue weighted by Crippen LogP contribution is 2.38. The van der Waals surface area contributed by atoms with Crippen molar-refractivity contribution in [3.8, 4) is 0 Å². The van der Waals surface area contributed by atoms with Gasteiger partial charge < -0.3 is 14.4 Å². The third-order valence-corrected chi connectivity index (χ3v) is 7.20. The van der Waals surface area contributed by atoms with Gasteiger partial charge in [0.05, 0.1) is 24.1 Å². The summed E-state index contributed by atoms with van der Waals surface area (Å²) in [5.41, 5.74) is 2.64. The van der Waals surface area contributed by atoms with Gasteiger partial charge in [-0.05, 0) is 54.7 Å². The smallest absolute Gasteiger partial charge is 0.233 e. The van der Waals surface area contributed by atoms with Gasteiger partial charge in [0, 0.05) is 48.8 Å². The highest BCUT2D eigenvalue weighted by Gasteiger charge is 2.44. The quantitative estimate of drug-likeness (QED) is 0.563. The van der Waals surface area contributed by atoms with Crippen LogP contribution in [-0.4, -0.2) is 55.3 Å². The molecule has 2 fully saturated rings. The lowest BCUT2D eigenvalue weighted by atomic mass is 9.73. The Bertz CT molecular complexity index is 1110. The molecule has 1 aromatic heterocycles. The van der Waals surface area contributed by atoms with Crippen LogP contribution in [-0.2, 0) is 26.1 Å². The van der Waals surface area contributed by atoms with E-state index in [0.717, 1.165) is 22.9 Å². The lowest BCUT2D eigenvalue weighted by Crippen LogP contribution is -2.51. The van der Waals surface area contributed by atoms with Crippen molar-refractivity contribution in [1.29, 1.82) is 0 Å². The van der Waals surface area contributed by atoms with Crippen LogP contribution in [0, 0.1) is 5.92 Å². The number of benzene rings is 2. The summed E-state index contributed by atoms with van der Waals surface area (Å²) in [6.45, 7) is 3.68. The summed E-state index contributed by atoms with van der Waals surface area (Å²) in [5, 5.41) is 1.82. The van der Waals surface area contributed by atoms with E-state index in [2.05, 4.69) is 17.1 Å². The number of hydrogen-bond donors (Lipinski definition) is 0. The second-order valence-corrected chi connectivity index (χ2v) is 9.57. The van der Waals surface area contributed by atoms with E-state index < -0.39 is 5.41 Å². The molecule has 0 spiro atoms. The summed E-state index contributed by atoms with van der Waals surface area (Å²) in [7, 11) is 0. The van der Waals surface area contributed by atoms with Gasteiger partial charge in [0.15, 0.2) is 0 Å². The summed E-state index contributed by atoms with van der Waals surface area (Å²) >= 11 is 6.14. The summed E-state index contributed by atoms with van der Waals surface area (Å²) in [6.07, 6.45) is 4.15. The maximum absolute atomic E-state index is 14.1. The van der Waals surface area contributed by atoms with Gasteiger partial charge in [-0.2, -0.15) is 0 Å². The summed E-state index contributed by atoms with van der Waals surface area (Å²) in [4.78, 5) is 20.7. The van der Waals surface area contributed by atoms with Crippen molar-refractivity contribution in [2.45, 2.75) is 24.7 Å². The Morgan fingerprint density at radius 1 is 1.06 bits per heavy atom. The number of hydrogen-bond acceptors (Lipinski definition) is 4. The van der Waals surface area contributed by atoms with Crippen LogP contribution in [0.2, 0.25) is 5.02 Å². The Morgan fingerprint density at radius 3 is 2.67 bits per heavy atom. The molecule has 3 aromatic rings. The van der Waals surface area contributed by atoms with E-state index in [1.165, 1.54) is 5.56 Å². The monoisotopic (exact) mass is 464 g/mol. The van der Waals surface area contributed by atoms with Crippen LogP contribution in [0.4, 0.5) is 0 Å². The van der Waals surface area contributed by atoms with E-state index in [9.17, 15) is 4.79 Å². The molecule has 1 atom stereocenters. The van der Waals surface area contributed by atoms with Crippen molar-refractivity contribution in [2.24, 2.45) is 5.92 Å². The van der Waals surface area contributed by atoms with Gasteiger partial charge in [-0.3, -0.25) is 9.78 Å². The summed E-state index contributed by atoms with van der Waals surface area (Å²) in [6, 6.07) is 18.1. The van der Waals surface area contributed by atoms with E-state index in [1.54, 1.807) is 0 Å². The van der Waals surface area contributed by atoms with E-state index in [-0.39, 0.29) is 11.8 Å². The van der Waals surface area contributed by atoms with Gasteiger partial charge in [-0.1, -0.05) is 41.9 Å². The number of ether oxygens (including phenoxy) is 2. The Kier molecular flexibility index (Phi) is 6.63. The second-order valence-electron chi connectivity index (χ2n) is 9.13. The molecule has 0 radical (unpaired) electrons. The van der Waals surface area contributed by atoms with Crippen molar-refractivity contribution in [2.75, 3.05) is 39.5 Å². The van der Waals surface area contributed by atoms with E-state index in [4.69, 9.17) is 21.1 Å². The molecule has 2 aliphatic rings. The first kappa shape index (κ1) is 22.3. The molecule has 3 heterocycles. The van der Waals surface area contributed by atoms with Crippen molar-refractivity contribution in [3.05, 3.63) is 76.9 Å². The SMILES string of the molecule is O=C(N1CCOC[C@H](Cc2cnc3ccccc3c2)C1)C1(c2ccc(Cl)cc2)CCOCC1. The normalized spacial score (nSPS) is 21.0. The molecule has 5 nitrogen and oxygen atoms in total. The molecule has 2 aliphatic heterocycles. The molecule has 5 rings (SSSR count). The number of halogens is 1. The number of rotatable bonds is 4. The number of para-hydroxylation sites is 1. The summed E-state index contributed by atoms with van der Waals surface area (Å²) < 4.78 is 11.6. The summed E-state index contributed by atoms with van der Waals surface area (Å²) in [5.74, 6) is 0.404. The van der Waals surface area contributed by atoms with Crippen molar-refractivity contribution < 1.29 is 14.3 Å². The minimum atomic E-state index is -0.567. The number of carbonyl (C=O) groups excluding carboxylic acids is 1. The maximum atomic E-state index is 14.1. The molecular weight excluding hydrogens is 436 g/mol. The topological polar surface area (TPSA) is 51.7 Å². The average Bonchev–Trinajstić information content (AvgIpc) is 3.10. The van der Waals surface area contributed by atoms with Gasteiger partial charge in [0.25, 0.3) is 0 Å². The Morgan fingerprint density at radius 2 is 1.85 bits per heavy atom. The largest absolute Gasteiger partial charge is 0.381 e. The Balaban J connectivity index is 1.37. The van der Waals surface area contributed by atoms with Gasteiger partial charge in [-0.15, -0.1) is 0 Å². The molecule has 1 amide bonds. The van der Waals surface area contributed by atoms with Crippen LogP contribution in [0.3, 0.4) is 0 Å². The van der Waals surface area contributed by atoms with Crippen molar-refractivity contribution in [1.82, 2.24) is 9.88 Å². The lowest BCUT2D eigenvalue weighted by Gasteiger charge is -2.40. The number of pyridine rings is 1. The predicted molar refractivity (Wildman–Crippen MR) is 130 cm³/mol. The van der Waals surface area contributed by atoms with Crippen LogP contribution in [0.1, 0.15) is 24.0 Å². The molecule has 0 N–H and O–H groups in total. The maximum Gasteiger partial charge on any atom is 0.233 e. The van der Waals surface area contributed by atoms with Crippen LogP contribution in [0.5, 0.6) is 0 Å². The molecule has 0 unspecified atom stereocenters. The fourth-order valence-electron chi connectivity index (χ4n) is 5.17. The molecule has 172 valence electrons. The molecule has 2 aromatic carbocycles. The van der Waals surface area contributed by atoms with Crippen LogP contribution < -0.4 is 0 Å². The molecular formula is C27H29ClN2O3. The third-order valence-electron chi connectivity index (χ3n) is 6.95. The minimum absolute atomic E-state index is 0.181. The highest BCUT2D eigenvalue weighted by molar-refractivity contribution is 6.30. The number of amides is 1. The molecule has 6 heteroatoms. The molecule has 0 bridgehead atoms. The van der Waals surface area contributed by atoms with Gasteiger partial charge in [0.2, 0.25) is 5.91 Å². The minimum Gasteiger partial charge on any atom is -0.381 e.